The van der Waals surface area contributed by atoms with E-state index in [-0.39, 0.29) is 30.4 Å². The second-order valence-electron chi connectivity index (χ2n) is 3.85. The fraction of sp³-hybridized carbons (Fsp3) is 1.00. The molecule has 0 spiro atoms. The standard InChI is InChI=1S/C8H18N2OS.2ClH/c1-8(2,7-9)10-3-5-12(11)6-4-10;;/h3-7,9H2,1-2H3;2*1H. The molecule has 1 aliphatic rings. The average molecular weight is 263 g/mol. The van der Waals surface area contributed by atoms with Gasteiger partial charge < -0.3 is 5.73 Å². The first-order chi connectivity index (χ1) is 5.56. The molecule has 1 heterocycles. The monoisotopic (exact) mass is 262 g/mol. The molecule has 0 aromatic carbocycles. The van der Waals surface area contributed by atoms with Gasteiger partial charge in [0.1, 0.15) is 0 Å². The molecule has 1 fully saturated rings. The number of rotatable bonds is 2. The minimum atomic E-state index is -0.580. The highest BCUT2D eigenvalue weighted by molar-refractivity contribution is 7.85. The Morgan fingerprint density at radius 2 is 1.71 bits per heavy atom. The Balaban J connectivity index is 0. The van der Waals surface area contributed by atoms with Gasteiger partial charge in [-0.05, 0) is 13.8 Å². The topological polar surface area (TPSA) is 46.3 Å². The van der Waals surface area contributed by atoms with E-state index in [1.807, 2.05) is 0 Å². The summed E-state index contributed by atoms with van der Waals surface area (Å²) in [5.74, 6) is 1.62. The van der Waals surface area contributed by atoms with Crippen molar-refractivity contribution in [2.45, 2.75) is 19.4 Å². The van der Waals surface area contributed by atoms with Gasteiger partial charge in [0.2, 0.25) is 0 Å². The fourth-order valence-electron chi connectivity index (χ4n) is 1.37. The third-order valence-corrected chi connectivity index (χ3v) is 3.81. The number of halogens is 2. The molecule has 2 N–H and O–H groups in total. The van der Waals surface area contributed by atoms with Gasteiger partial charge in [0.15, 0.2) is 0 Å². The van der Waals surface area contributed by atoms with Crippen LogP contribution in [0.15, 0.2) is 0 Å². The summed E-state index contributed by atoms with van der Waals surface area (Å²) in [4.78, 5) is 2.33. The van der Waals surface area contributed by atoms with E-state index in [0.29, 0.717) is 6.54 Å². The van der Waals surface area contributed by atoms with Crippen molar-refractivity contribution in [1.82, 2.24) is 4.90 Å². The highest BCUT2D eigenvalue weighted by Crippen LogP contribution is 2.14. The van der Waals surface area contributed by atoms with E-state index in [1.165, 1.54) is 0 Å². The van der Waals surface area contributed by atoms with E-state index in [1.54, 1.807) is 0 Å². The number of nitrogens with two attached hydrogens (primary N) is 1. The Kier molecular flexibility index (Phi) is 8.54. The minimum absolute atomic E-state index is 0. The third kappa shape index (κ3) is 4.45. The van der Waals surface area contributed by atoms with Gasteiger partial charge in [0, 0.05) is 47.5 Å². The summed E-state index contributed by atoms with van der Waals surface area (Å²) in [6.45, 7) is 6.80. The molecule has 3 nitrogen and oxygen atoms in total. The maximum Gasteiger partial charge on any atom is 0.0363 e. The first-order valence-electron chi connectivity index (χ1n) is 4.36. The molecule has 0 atom stereocenters. The number of hydrogen-bond donors (Lipinski definition) is 1. The molecule has 0 aromatic heterocycles. The molecule has 0 aliphatic carbocycles. The van der Waals surface area contributed by atoms with E-state index in [9.17, 15) is 4.21 Å². The molecule has 0 unspecified atom stereocenters. The summed E-state index contributed by atoms with van der Waals surface area (Å²) in [6, 6.07) is 0. The summed E-state index contributed by atoms with van der Waals surface area (Å²) in [6.07, 6.45) is 0. The molecule has 0 saturated carbocycles. The zero-order valence-electron chi connectivity index (χ0n) is 8.69. The first-order valence-corrected chi connectivity index (χ1v) is 5.85. The van der Waals surface area contributed by atoms with Gasteiger partial charge in [-0.15, -0.1) is 24.8 Å². The van der Waals surface area contributed by atoms with Crippen molar-refractivity contribution < 1.29 is 4.21 Å². The predicted molar refractivity (Wildman–Crippen MR) is 67.1 cm³/mol. The van der Waals surface area contributed by atoms with Gasteiger partial charge in [0.25, 0.3) is 0 Å². The zero-order chi connectivity index (χ0) is 9.19. The average Bonchev–Trinajstić information content (AvgIpc) is 2.05. The second-order valence-corrected chi connectivity index (χ2v) is 5.55. The SMILES string of the molecule is CC(C)(CN)N1CCS(=O)CC1.Cl.Cl. The van der Waals surface area contributed by atoms with E-state index in [0.717, 1.165) is 24.6 Å². The van der Waals surface area contributed by atoms with Crippen molar-refractivity contribution in [3.63, 3.8) is 0 Å². The van der Waals surface area contributed by atoms with Crippen LogP contribution < -0.4 is 5.73 Å². The molecule has 0 radical (unpaired) electrons. The Hall–Kier alpha value is 0.650. The molecular formula is C8H20Cl2N2OS. The van der Waals surface area contributed by atoms with Crippen LogP contribution in [0.1, 0.15) is 13.8 Å². The smallest absolute Gasteiger partial charge is 0.0363 e. The van der Waals surface area contributed by atoms with Crippen molar-refractivity contribution in [2.24, 2.45) is 5.73 Å². The molecular weight excluding hydrogens is 243 g/mol. The maximum atomic E-state index is 11.1. The molecule has 1 aliphatic heterocycles. The van der Waals surface area contributed by atoms with Gasteiger partial charge in [-0.3, -0.25) is 9.11 Å². The van der Waals surface area contributed by atoms with Crippen LogP contribution in [-0.2, 0) is 10.8 Å². The highest BCUT2D eigenvalue weighted by atomic mass is 35.5. The van der Waals surface area contributed by atoms with Crippen molar-refractivity contribution in [1.29, 1.82) is 0 Å². The van der Waals surface area contributed by atoms with Crippen LogP contribution in [0.5, 0.6) is 0 Å². The van der Waals surface area contributed by atoms with Crippen molar-refractivity contribution in [3.8, 4) is 0 Å². The van der Waals surface area contributed by atoms with Crippen LogP contribution in [0.25, 0.3) is 0 Å². The van der Waals surface area contributed by atoms with Crippen molar-refractivity contribution in [3.05, 3.63) is 0 Å². The lowest BCUT2D eigenvalue weighted by Crippen LogP contribution is -2.54. The largest absolute Gasteiger partial charge is 0.329 e. The van der Waals surface area contributed by atoms with Crippen LogP contribution in [0.2, 0.25) is 0 Å². The Morgan fingerprint density at radius 3 is 2.07 bits per heavy atom. The lowest BCUT2D eigenvalue weighted by Gasteiger charge is -2.39. The van der Waals surface area contributed by atoms with Crippen molar-refractivity contribution >= 4 is 35.6 Å². The molecule has 88 valence electrons. The van der Waals surface area contributed by atoms with E-state index < -0.39 is 10.8 Å². The normalized spacial score (nSPS) is 19.6. The van der Waals surface area contributed by atoms with Crippen LogP contribution in [0.3, 0.4) is 0 Å². The summed E-state index contributed by atoms with van der Waals surface area (Å²) in [5, 5.41) is 0. The first kappa shape index (κ1) is 17.1. The van der Waals surface area contributed by atoms with Gasteiger partial charge in [-0.25, -0.2) is 0 Å². The fourth-order valence-corrected chi connectivity index (χ4v) is 2.42. The van der Waals surface area contributed by atoms with Crippen LogP contribution in [-0.4, -0.2) is 45.8 Å². The van der Waals surface area contributed by atoms with E-state index in [4.69, 9.17) is 5.73 Å². The van der Waals surface area contributed by atoms with Gasteiger partial charge >= 0.3 is 0 Å². The summed E-state index contributed by atoms with van der Waals surface area (Å²) in [5.41, 5.74) is 5.73. The number of hydrogen-bond acceptors (Lipinski definition) is 3. The van der Waals surface area contributed by atoms with Gasteiger partial charge in [-0.2, -0.15) is 0 Å². The Morgan fingerprint density at radius 1 is 1.29 bits per heavy atom. The Bertz CT molecular complexity index is 180. The van der Waals surface area contributed by atoms with Gasteiger partial charge in [0.05, 0.1) is 0 Å². The summed E-state index contributed by atoms with van der Waals surface area (Å²) >= 11 is 0. The summed E-state index contributed by atoms with van der Waals surface area (Å²) < 4.78 is 11.1. The molecule has 14 heavy (non-hydrogen) atoms. The van der Waals surface area contributed by atoms with Crippen LogP contribution >= 0.6 is 24.8 Å². The van der Waals surface area contributed by atoms with Crippen LogP contribution in [0.4, 0.5) is 0 Å². The van der Waals surface area contributed by atoms with E-state index >= 15 is 0 Å². The molecule has 1 saturated heterocycles. The number of nitrogens with zero attached hydrogens (tertiary/aromatic N) is 1. The highest BCUT2D eigenvalue weighted by Gasteiger charge is 2.27. The Labute approximate surface area is 101 Å². The zero-order valence-corrected chi connectivity index (χ0v) is 11.1. The lowest BCUT2D eigenvalue weighted by atomic mass is 10.0. The molecule has 1 rings (SSSR count). The second kappa shape index (κ2) is 7.01. The predicted octanol–water partition coefficient (Wildman–Crippen LogP) is 0.632. The van der Waals surface area contributed by atoms with Crippen LogP contribution in [0, 0.1) is 0 Å². The molecule has 0 amide bonds. The van der Waals surface area contributed by atoms with Crippen molar-refractivity contribution in [2.75, 3.05) is 31.1 Å². The quantitative estimate of drug-likeness (QED) is 0.795. The summed E-state index contributed by atoms with van der Waals surface area (Å²) in [7, 11) is -0.580. The van der Waals surface area contributed by atoms with E-state index in [2.05, 4.69) is 18.7 Å². The lowest BCUT2D eigenvalue weighted by molar-refractivity contribution is 0.141. The minimum Gasteiger partial charge on any atom is -0.329 e. The molecule has 0 aromatic rings. The molecule has 6 heteroatoms. The maximum absolute atomic E-state index is 11.1. The third-order valence-electron chi connectivity index (χ3n) is 2.53. The van der Waals surface area contributed by atoms with Gasteiger partial charge in [-0.1, -0.05) is 0 Å². The molecule has 0 bridgehead atoms.